The summed E-state index contributed by atoms with van der Waals surface area (Å²) in [6, 6.07) is 0.661. The monoisotopic (exact) mass is 369 g/mol. The Balaban J connectivity index is 2.12. The maximum absolute atomic E-state index is 12.7. The van der Waals surface area contributed by atoms with Gasteiger partial charge >= 0.3 is 6.18 Å². The molecule has 1 fully saturated rings. The zero-order chi connectivity index (χ0) is 15.6. The Morgan fingerprint density at radius 2 is 2.10 bits per heavy atom. The van der Waals surface area contributed by atoms with Gasteiger partial charge in [-0.2, -0.15) is 13.2 Å². The van der Waals surface area contributed by atoms with E-state index in [-0.39, 0.29) is 17.9 Å². The number of hydrogen-bond donors (Lipinski definition) is 2. The van der Waals surface area contributed by atoms with Crippen molar-refractivity contribution in [2.24, 2.45) is 0 Å². The highest BCUT2D eigenvalue weighted by Crippen LogP contribution is 2.35. The summed E-state index contributed by atoms with van der Waals surface area (Å²) in [5.74, 6) is -0.707. The summed E-state index contributed by atoms with van der Waals surface area (Å²) in [5.41, 5.74) is 3.76. The zero-order valence-electron chi connectivity index (χ0n) is 10.5. The number of nitrogens with zero attached hydrogens (tertiary/aromatic N) is 1. The number of carbonyl (C=O) groups is 1. The Morgan fingerprint density at radius 3 is 2.67 bits per heavy atom. The number of nitrogen functional groups attached to an aromatic ring is 1. The van der Waals surface area contributed by atoms with Gasteiger partial charge in [0.15, 0.2) is 12.0 Å². The number of amides is 1. The number of hydrogen-bond acceptors (Lipinski definition) is 5. The normalized spacial score (nSPS) is 16.2. The van der Waals surface area contributed by atoms with Crippen molar-refractivity contribution in [2.45, 2.75) is 12.5 Å². The number of aromatic nitrogens is 1. The number of pyridine rings is 1. The van der Waals surface area contributed by atoms with Crippen LogP contribution in [0.2, 0.25) is 0 Å². The molecular weight excluding hydrogens is 359 g/mol. The number of alkyl halides is 3. The average molecular weight is 370 g/mol. The zero-order valence-corrected chi connectivity index (χ0v) is 12.1. The van der Waals surface area contributed by atoms with Crippen LogP contribution in [-0.2, 0) is 15.7 Å². The van der Waals surface area contributed by atoms with E-state index in [1.54, 1.807) is 0 Å². The van der Waals surface area contributed by atoms with Gasteiger partial charge in [0.05, 0.1) is 31.0 Å². The first kappa shape index (κ1) is 16.0. The van der Waals surface area contributed by atoms with E-state index in [0.29, 0.717) is 19.3 Å². The van der Waals surface area contributed by atoms with Gasteiger partial charge in [-0.25, -0.2) is 4.98 Å². The predicted molar refractivity (Wildman–Crippen MR) is 69.4 cm³/mol. The molecule has 1 aliphatic heterocycles. The Hall–Kier alpha value is -1.39. The van der Waals surface area contributed by atoms with Gasteiger partial charge in [-0.1, -0.05) is 0 Å². The third-order valence-corrected chi connectivity index (χ3v) is 3.25. The standard InChI is InChI=1S/C11H11BrF3N3O3/c12-9-5(11(13,14)15)3-6(16)8(18-9)10(19)17-4-7-20-1-2-21-7/h3,7H,1-2,4,16H2,(H,17,19). The Kier molecular flexibility index (Phi) is 4.69. The van der Waals surface area contributed by atoms with Gasteiger partial charge in [0.1, 0.15) is 4.60 Å². The van der Waals surface area contributed by atoms with Crippen molar-refractivity contribution in [3.8, 4) is 0 Å². The molecule has 10 heteroatoms. The van der Waals surface area contributed by atoms with Gasteiger partial charge in [-0.05, 0) is 22.0 Å². The Morgan fingerprint density at radius 1 is 1.48 bits per heavy atom. The molecule has 0 aromatic carbocycles. The van der Waals surface area contributed by atoms with Crippen molar-refractivity contribution in [3.63, 3.8) is 0 Å². The molecule has 0 bridgehead atoms. The molecule has 0 unspecified atom stereocenters. The number of nitrogens with one attached hydrogen (secondary N) is 1. The first-order valence-electron chi connectivity index (χ1n) is 5.83. The largest absolute Gasteiger partial charge is 0.419 e. The molecule has 1 aromatic rings. The van der Waals surface area contributed by atoms with Crippen molar-refractivity contribution >= 4 is 27.5 Å². The number of nitrogens with two attached hydrogens (primary N) is 1. The number of carbonyl (C=O) groups excluding carboxylic acids is 1. The van der Waals surface area contributed by atoms with Crippen molar-refractivity contribution in [3.05, 3.63) is 21.9 Å². The van der Waals surface area contributed by atoms with Crippen LogP contribution >= 0.6 is 15.9 Å². The van der Waals surface area contributed by atoms with Crippen LogP contribution in [0.1, 0.15) is 16.1 Å². The molecule has 3 N–H and O–H groups in total. The van der Waals surface area contributed by atoms with Gasteiger partial charge in [-0.3, -0.25) is 4.79 Å². The molecule has 0 atom stereocenters. The highest BCUT2D eigenvalue weighted by Gasteiger charge is 2.35. The second kappa shape index (κ2) is 6.16. The molecule has 0 aliphatic carbocycles. The lowest BCUT2D eigenvalue weighted by molar-refractivity contribution is -0.138. The summed E-state index contributed by atoms with van der Waals surface area (Å²) in [6.45, 7) is 0.901. The first-order valence-corrected chi connectivity index (χ1v) is 6.63. The number of halogens is 4. The van der Waals surface area contributed by atoms with Crippen LogP contribution in [0.25, 0.3) is 0 Å². The molecule has 1 saturated heterocycles. The lowest BCUT2D eigenvalue weighted by Crippen LogP contribution is -2.33. The van der Waals surface area contributed by atoms with E-state index in [1.807, 2.05) is 0 Å². The minimum Gasteiger partial charge on any atom is -0.397 e. The first-order chi connectivity index (χ1) is 9.79. The maximum atomic E-state index is 12.7. The van der Waals surface area contributed by atoms with Crippen molar-refractivity contribution in [1.29, 1.82) is 0 Å². The summed E-state index contributed by atoms with van der Waals surface area (Å²) in [5, 5.41) is 2.43. The second-order valence-electron chi connectivity index (χ2n) is 4.14. The predicted octanol–water partition coefficient (Wildman–Crippen LogP) is 1.55. The van der Waals surface area contributed by atoms with E-state index in [9.17, 15) is 18.0 Å². The Labute approximate surface area is 125 Å². The van der Waals surface area contributed by atoms with Crippen LogP contribution in [0, 0.1) is 0 Å². The van der Waals surface area contributed by atoms with Gasteiger partial charge in [-0.15, -0.1) is 0 Å². The van der Waals surface area contributed by atoms with Gasteiger partial charge < -0.3 is 20.5 Å². The molecule has 0 spiro atoms. The highest BCUT2D eigenvalue weighted by atomic mass is 79.9. The van der Waals surface area contributed by atoms with Crippen LogP contribution in [0.5, 0.6) is 0 Å². The molecule has 1 aromatic heterocycles. The van der Waals surface area contributed by atoms with E-state index in [2.05, 4.69) is 26.2 Å². The quantitative estimate of drug-likeness (QED) is 0.789. The van der Waals surface area contributed by atoms with Crippen LogP contribution < -0.4 is 11.1 Å². The minimum absolute atomic E-state index is 0.0542. The molecule has 2 rings (SSSR count). The van der Waals surface area contributed by atoms with Gasteiger partial charge in [0.2, 0.25) is 0 Å². The lowest BCUT2D eigenvalue weighted by Gasteiger charge is -2.13. The Bertz CT molecular complexity index is 547. The fourth-order valence-corrected chi connectivity index (χ4v) is 2.19. The molecule has 21 heavy (non-hydrogen) atoms. The summed E-state index contributed by atoms with van der Waals surface area (Å²) in [4.78, 5) is 15.4. The van der Waals surface area contributed by atoms with Crippen molar-refractivity contribution in [1.82, 2.24) is 10.3 Å². The van der Waals surface area contributed by atoms with E-state index in [4.69, 9.17) is 15.2 Å². The van der Waals surface area contributed by atoms with Crippen molar-refractivity contribution in [2.75, 3.05) is 25.5 Å². The van der Waals surface area contributed by atoms with E-state index in [1.165, 1.54) is 0 Å². The summed E-state index contributed by atoms with van der Waals surface area (Å²) >= 11 is 2.69. The topological polar surface area (TPSA) is 86.5 Å². The fourth-order valence-electron chi connectivity index (χ4n) is 1.67. The summed E-state index contributed by atoms with van der Waals surface area (Å²) < 4.78 is 47.7. The summed E-state index contributed by atoms with van der Waals surface area (Å²) in [7, 11) is 0. The lowest BCUT2D eigenvalue weighted by atomic mass is 10.2. The fraction of sp³-hybridized carbons (Fsp3) is 0.455. The van der Waals surface area contributed by atoms with E-state index in [0.717, 1.165) is 0 Å². The molecule has 6 nitrogen and oxygen atoms in total. The summed E-state index contributed by atoms with van der Waals surface area (Å²) in [6.07, 6.45) is -5.19. The molecule has 116 valence electrons. The van der Waals surface area contributed by atoms with Crippen molar-refractivity contribution < 1.29 is 27.4 Å². The van der Waals surface area contributed by atoms with Crippen LogP contribution in [0.4, 0.5) is 18.9 Å². The maximum Gasteiger partial charge on any atom is 0.419 e. The molecule has 0 radical (unpaired) electrons. The van der Waals surface area contributed by atoms with Crippen LogP contribution in [0.15, 0.2) is 10.7 Å². The van der Waals surface area contributed by atoms with Crippen LogP contribution in [0.3, 0.4) is 0 Å². The third-order valence-electron chi connectivity index (χ3n) is 2.65. The smallest absolute Gasteiger partial charge is 0.397 e. The minimum atomic E-state index is -4.61. The molecule has 2 heterocycles. The number of rotatable bonds is 3. The van der Waals surface area contributed by atoms with E-state index >= 15 is 0 Å². The number of anilines is 1. The average Bonchev–Trinajstić information content (AvgIpc) is 2.90. The molecule has 1 aliphatic rings. The molecular formula is C11H11BrF3N3O3. The van der Waals surface area contributed by atoms with Crippen LogP contribution in [-0.4, -0.2) is 36.9 Å². The second-order valence-corrected chi connectivity index (χ2v) is 4.89. The highest BCUT2D eigenvalue weighted by molar-refractivity contribution is 9.10. The van der Waals surface area contributed by atoms with Gasteiger partial charge in [0.25, 0.3) is 5.91 Å². The molecule has 1 amide bonds. The third kappa shape index (κ3) is 3.83. The van der Waals surface area contributed by atoms with Gasteiger partial charge in [0, 0.05) is 0 Å². The number of ether oxygens (including phenoxy) is 2. The molecule has 0 saturated carbocycles. The van der Waals surface area contributed by atoms with E-state index < -0.39 is 28.5 Å². The SMILES string of the molecule is Nc1cc(C(F)(F)F)c(Br)nc1C(=O)NCC1OCCO1.